The van der Waals surface area contributed by atoms with Crippen molar-refractivity contribution in [2.24, 2.45) is 0 Å². The lowest BCUT2D eigenvalue weighted by molar-refractivity contribution is 0.0937. The van der Waals surface area contributed by atoms with E-state index in [4.69, 9.17) is 9.72 Å². The maximum atomic E-state index is 5.79. The third-order valence-electron chi connectivity index (χ3n) is 6.37. The van der Waals surface area contributed by atoms with Crippen LogP contribution >= 0.6 is 0 Å². The summed E-state index contributed by atoms with van der Waals surface area (Å²) >= 11 is 0. The van der Waals surface area contributed by atoms with Gasteiger partial charge in [0.15, 0.2) is 0 Å². The molecule has 166 valence electrons. The second kappa shape index (κ2) is 10.0. The van der Waals surface area contributed by atoms with Crippen molar-refractivity contribution in [3.63, 3.8) is 0 Å². The van der Waals surface area contributed by atoms with E-state index in [0.717, 1.165) is 25.5 Å². The van der Waals surface area contributed by atoms with Gasteiger partial charge in [-0.3, -0.25) is 0 Å². The van der Waals surface area contributed by atoms with E-state index in [9.17, 15) is 0 Å². The molecule has 0 unspecified atom stereocenters. The van der Waals surface area contributed by atoms with Crippen LogP contribution in [-0.2, 0) is 11.3 Å². The quantitative estimate of drug-likeness (QED) is 0.615. The Balaban J connectivity index is 1.32. The monoisotopic (exact) mass is 429 g/mol. The van der Waals surface area contributed by atoms with Gasteiger partial charge >= 0.3 is 0 Å². The predicted octanol–water partition coefficient (Wildman–Crippen LogP) is 4.66. The van der Waals surface area contributed by atoms with E-state index < -0.39 is 0 Å². The molecule has 2 aliphatic rings. The first-order valence-corrected chi connectivity index (χ1v) is 11.7. The van der Waals surface area contributed by atoms with Crippen LogP contribution in [0.4, 0.5) is 17.5 Å². The number of ether oxygens (including phenoxy) is 1. The summed E-state index contributed by atoms with van der Waals surface area (Å²) in [6, 6.07) is 21.4. The number of hydrogen-bond donors (Lipinski definition) is 1. The number of aromatic nitrogens is 2. The van der Waals surface area contributed by atoms with Gasteiger partial charge in [-0.05, 0) is 42.5 Å². The largest absolute Gasteiger partial charge is 0.377 e. The highest BCUT2D eigenvalue weighted by Gasteiger charge is 2.26. The molecule has 2 fully saturated rings. The average molecular weight is 430 g/mol. The van der Waals surface area contributed by atoms with E-state index in [1.54, 1.807) is 0 Å². The summed E-state index contributed by atoms with van der Waals surface area (Å²) in [6.45, 7) is 5.18. The molecule has 3 aromatic rings. The van der Waals surface area contributed by atoms with Crippen molar-refractivity contribution in [1.29, 1.82) is 0 Å². The van der Waals surface area contributed by atoms with Crippen molar-refractivity contribution in [2.75, 3.05) is 48.0 Å². The molecule has 6 heteroatoms. The highest BCUT2D eigenvalue weighted by atomic mass is 16.5. The molecule has 32 heavy (non-hydrogen) atoms. The number of rotatable bonds is 6. The van der Waals surface area contributed by atoms with Gasteiger partial charge in [-0.15, -0.1) is 0 Å². The van der Waals surface area contributed by atoms with Gasteiger partial charge in [0.2, 0.25) is 5.95 Å². The Hall–Kier alpha value is -3.12. The first-order chi connectivity index (χ1) is 15.9. The highest BCUT2D eigenvalue weighted by molar-refractivity contribution is 5.55. The zero-order valence-corrected chi connectivity index (χ0v) is 18.5. The molecule has 0 aliphatic carbocycles. The van der Waals surface area contributed by atoms with Gasteiger partial charge in [0, 0.05) is 38.1 Å². The maximum absolute atomic E-state index is 5.79. The molecular formula is C26H31N5O. The fourth-order valence-electron chi connectivity index (χ4n) is 4.70. The summed E-state index contributed by atoms with van der Waals surface area (Å²) in [6.07, 6.45) is 5.73. The van der Waals surface area contributed by atoms with Crippen molar-refractivity contribution < 1.29 is 4.74 Å². The van der Waals surface area contributed by atoms with Crippen molar-refractivity contribution in [1.82, 2.24) is 9.97 Å². The molecule has 0 saturated carbocycles. The van der Waals surface area contributed by atoms with E-state index in [-0.39, 0.29) is 6.04 Å². The van der Waals surface area contributed by atoms with Crippen molar-refractivity contribution in [3.05, 3.63) is 78.0 Å². The number of morpholine rings is 1. The van der Waals surface area contributed by atoms with Crippen molar-refractivity contribution in [2.45, 2.75) is 31.8 Å². The molecule has 2 aliphatic heterocycles. The van der Waals surface area contributed by atoms with Crippen LogP contribution < -0.4 is 15.1 Å². The van der Waals surface area contributed by atoms with Crippen LogP contribution in [0.5, 0.6) is 0 Å². The first kappa shape index (κ1) is 20.8. The second-order valence-corrected chi connectivity index (χ2v) is 8.46. The molecule has 6 nitrogen and oxygen atoms in total. The Labute approximate surface area is 190 Å². The lowest BCUT2D eigenvalue weighted by Crippen LogP contribution is -2.40. The van der Waals surface area contributed by atoms with Crippen LogP contribution in [0.3, 0.4) is 0 Å². The zero-order valence-electron chi connectivity index (χ0n) is 18.5. The Bertz CT molecular complexity index is 1010. The van der Waals surface area contributed by atoms with Gasteiger partial charge in [-0.2, -0.15) is 4.98 Å². The number of nitrogens with one attached hydrogen (secondary N) is 1. The fraction of sp³-hybridized carbons (Fsp3) is 0.385. The highest BCUT2D eigenvalue weighted by Crippen LogP contribution is 2.29. The Kier molecular flexibility index (Phi) is 6.49. The SMILES string of the molecule is c1ccc([C@H]2COCCN2c2ccnc(NCc3ccccc3N3CCCCC3)n2)cc1. The van der Waals surface area contributed by atoms with Gasteiger partial charge in [-0.25, -0.2) is 4.98 Å². The van der Waals surface area contributed by atoms with Gasteiger partial charge in [0.25, 0.3) is 0 Å². The molecule has 1 N–H and O–H groups in total. The number of benzene rings is 2. The van der Waals surface area contributed by atoms with Gasteiger partial charge < -0.3 is 19.9 Å². The lowest BCUT2D eigenvalue weighted by atomic mass is 10.1. The summed E-state index contributed by atoms with van der Waals surface area (Å²) in [4.78, 5) is 14.2. The second-order valence-electron chi connectivity index (χ2n) is 8.46. The average Bonchev–Trinajstić information content (AvgIpc) is 2.89. The molecular weight excluding hydrogens is 398 g/mol. The minimum atomic E-state index is 0.160. The molecule has 0 bridgehead atoms. The molecule has 5 rings (SSSR count). The predicted molar refractivity (Wildman–Crippen MR) is 129 cm³/mol. The van der Waals surface area contributed by atoms with E-state index >= 15 is 0 Å². The number of anilines is 3. The molecule has 1 atom stereocenters. The number of nitrogens with zero attached hydrogens (tertiary/aromatic N) is 4. The van der Waals surface area contributed by atoms with Crippen LogP contribution in [0, 0.1) is 0 Å². The summed E-state index contributed by atoms with van der Waals surface area (Å²) in [5.41, 5.74) is 3.86. The van der Waals surface area contributed by atoms with Gasteiger partial charge in [0.1, 0.15) is 5.82 Å². The zero-order chi connectivity index (χ0) is 21.6. The molecule has 1 aromatic heterocycles. The molecule has 2 aromatic carbocycles. The molecule has 2 saturated heterocycles. The number of hydrogen-bond acceptors (Lipinski definition) is 6. The summed E-state index contributed by atoms with van der Waals surface area (Å²) in [5.74, 6) is 1.60. The number of para-hydroxylation sites is 1. The first-order valence-electron chi connectivity index (χ1n) is 11.7. The summed E-state index contributed by atoms with van der Waals surface area (Å²) < 4.78 is 5.79. The minimum absolute atomic E-state index is 0.160. The molecule has 0 radical (unpaired) electrons. The smallest absolute Gasteiger partial charge is 0.224 e. The topological polar surface area (TPSA) is 53.5 Å². The minimum Gasteiger partial charge on any atom is -0.377 e. The third kappa shape index (κ3) is 4.70. The Morgan fingerprint density at radius 2 is 1.72 bits per heavy atom. The molecule has 0 spiro atoms. The van der Waals surface area contributed by atoms with E-state index in [1.807, 2.05) is 18.3 Å². The fourth-order valence-corrected chi connectivity index (χ4v) is 4.70. The van der Waals surface area contributed by atoms with Gasteiger partial charge in [0.05, 0.1) is 19.3 Å². The van der Waals surface area contributed by atoms with Gasteiger partial charge in [-0.1, -0.05) is 48.5 Å². The normalized spacial score (nSPS) is 19.1. The maximum Gasteiger partial charge on any atom is 0.224 e. The number of piperidine rings is 1. The van der Waals surface area contributed by atoms with E-state index in [1.165, 1.54) is 36.1 Å². The van der Waals surface area contributed by atoms with Crippen LogP contribution in [0.2, 0.25) is 0 Å². The summed E-state index contributed by atoms with van der Waals surface area (Å²) in [7, 11) is 0. The molecule has 0 amide bonds. The standard InChI is InChI=1S/C26H31N5O/c1-3-9-21(10-4-1)24-20-32-18-17-31(24)25-13-14-27-26(29-25)28-19-22-11-5-6-12-23(22)30-15-7-2-8-16-30/h1,3-6,9-14,24H,2,7-8,15-20H2,(H,27,28,29)/t24-/m1/s1. The van der Waals surface area contributed by atoms with Crippen LogP contribution in [0.25, 0.3) is 0 Å². The summed E-state index contributed by atoms with van der Waals surface area (Å²) in [5, 5.41) is 3.47. The Morgan fingerprint density at radius 3 is 2.59 bits per heavy atom. The lowest BCUT2D eigenvalue weighted by Gasteiger charge is -2.36. The van der Waals surface area contributed by atoms with E-state index in [2.05, 4.69) is 68.6 Å². The third-order valence-corrected chi connectivity index (χ3v) is 6.37. The molecule has 3 heterocycles. The van der Waals surface area contributed by atoms with Crippen LogP contribution in [0.1, 0.15) is 36.4 Å². The van der Waals surface area contributed by atoms with E-state index in [0.29, 0.717) is 25.7 Å². The Morgan fingerprint density at radius 1 is 0.906 bits per heavy atom. The van der Waals surface area contributed by atoms with Crippen molar-refractivity contribution in [3.8, 4) is 0 Å². The van der Waals surface area contributed by atoms with Crippen LogP contribution in [0.15, 0.2) is 66.9 Å². The van der Waals surface area contributed by atoms with Crippen molar-refractivity contribution >= 4 is 17.5 Å². The van der Waals surface area contributed by atoms with Crippen LogP contribution in [-0.4, -0.2) is 42.8 Å².